The van der Waals surface area contributed by atoms with Gasteiger partial charge in [0.05, 0.1) is 0 Å². The number of nitrogens with zero attached hydrogens (tertiary/aromatic N) is 2. The minimum Gasteiger partial charge on any atom is -0.376 e. The van der Waals surface area contributed by atoms with Crippen LogP contribution < -0.4 is 4.90 Å². The molecule has 1 aliphatic heterocycles. The summed E-state index contributed by atoms with van der Waals surface area (Å²) in [5.74, 6) is -0.221. The molecule has 1 atom stereocenters. The smallest absolute Gasteiger partial charge is 0.376 e. The van der Waals surface area contributed by atoms with Crippen molar-refractivity contribution in [2.45, 2.75) is 18.7 Å². The monoisotopic (exact) mass is 378 g/mol. The molecule has 1 N–H and O–H groups in total. The van der Waals surface area contributed by atoms with Gasteiger partial charge in [0, 0.05) is 37.4 Å². The first kappa shape index (κ1) is 19.2. The number of carbonyl (C=O) groups excluding carboxylic acids is 1. The fourth-order valence-electron chi connectivity index (χ4n) is 3.09. The Balaban J connectivity index is 1.65. The Bertz CT molecular complexity index is 781. The molecule has 1 aliphatic rings. The number of piperazine rings is 1. The third-order valence-corrected chi connectivity index (χ3v) is 4.93. The van der Waals surface area contributed by atoms with Crippen molar-refractivity contribution in [3.63, 3.8) is 0 Å². The zero-order valence-electron chi connectivity index (χ0n) is 14.9. The molecule has 4 nitrogen and oxygen atoms in total. The quantitative estimate of drug-likeness (QED) is 0.890. The van der Waals surface area contributed by atoms with Gasteiger partial charge in [-0.3, -0.25) is 4.79 Å². The van der Waals surface area contributed by atoms with E-state index in [1.807, 2.05) is 30.3 Å². The summed E-state index contributed by atoms with van der Waals surface area (Å²) < 4.78 is 38.7. The molecule has 1 unspecified atom stereocenters. The molecule has 7 heteroatoms. The molecule has 1 amide bonds. The number of para-hydroxylation sites is 1. The average molecular weight is 378 g/mol. The molecular formula is C20H21F3N2O2. The molecule has 0 aromatic heterocycles. The fourth-order valence-corrected chi connectivity index (χ4v) is 3.09. The molecule has 27 heavy (non-hydrogen) atoms. The van der Waals surface area contributed by atoms with Gasteiger partial charge in [-0.05, 0) is 36.8 Å². The molecule has 1 saturated heterocycles. The van der Waals surface area contributed by atoms with Crippen LogP contribution >= 0.6 is 0 Å². The molecule has 0 radical (unpaired) electrons. The highest BCUT2D eigenvalue weighted by Crippen LogP contribution is 2.38. The van der Waals surface area contributed by atoms with Crippen LogP contribution in [0, 0.1) is 0 Å². The van der Waals surface area contributed by atoms with Gasteiger partial charge in [-0.1, -0.05) is 30.3 Å². The van der Waals surface area contributed by atoms with Crippen LogP contribution in [0.5, 0.6) is 0 Å². The highest BCUT2D eigenvalue weighted by atomic mass is 19.4. The third-order valence-electron chi connectivity index (χ3n) is 4.93. The predicted octanol–water partition coefficient (Wildman–Crippen LogP) is 3.42. The molecule has 1 heterocycles. The molecule has 0 spiro atoms. The van der Waals surface area contributed by atoms with E-state index in [2.05, 4.69) is 4.90 Å². The number of anilines is 1. The van der Waals surface area contributed by atoms with E-state index in [1.165, 1.54) is 12.1 Å². The summed E-state index contributed by atoms with van der Waals surface area (Å²) in [6.07, 6.45) is -4.79. The number of aliphatic hydroxyl groups is 1. The van der Waals surface area contributed by atoms with E-state index in [9.17, 15) is 23.1 Å². The van der Waals surface area contributed by atoms with E-state index < -0.39 is 11.8 Å². The van der Waals surface area contributed by atoms with Gasteiger partial charge in [0.25, 0.3) is 5.91 Å². The largest absolute Gasteiger partial charge is 0.421 e. The number of alkyl halides is 3. The van der Waals surface area contributed by atoms with Crippen molar-refractivity contribution in [1.82, 2.24) is 4.90 Å². The number of benzene rings is 2. The second-order valence-electron chi connectivity index (χ2n) is 6.76. The fraction of sp³-hybridized carbons (Fsp3) is 0.350. The number of halogens is 3. The van der Waals surface area contributed by atoms with E-state index in [0.717, 1.165) is 17.8 Å². The van der Waals surface area contributed by atoms with Crippen LogP contribution in [0.4, 0.5) is 18.9 Å². The van der Waals surface area contributed by atoms with Crippen LogP contribution in [-0.2, 0) is 5.60 Å². The zero-order chi connectivity index (χ0) is 19.7. The minimum atomic E-state index is -4.79. The lowest BCUT2D eigenvalue weighted by molar-refractivity contribution is -0.258. The first-order valence-corrected chi connectivity index (χ1v) is 8.69. The van der Waals surface area contributed by atoms with Gasteiger partial charge >= 0.3 is 6.18 Å². The number of carbonyl (C=O) groups is 1. The van der Waals surface area contributed by atoms with Gasteiger partial charge in [-0.15, -0.1) is 0 Å². The Morgan fingerprint density at radius 1 is 0.926 bits per heavy atom. The summed E-state index contributed by atoms with van der Waals surface area (Å²) in [6.45, 7) is 3.16. The SMILES string of the molecule is CC(O)(c1ccc(C(=O)N2CCN(c3ccccc3)CC2)cc1)C(F)(F)F. The normalized spacial score (nSPS) is 17.5. The average Bonchev–Trinajstić information content (AvgIpc) is 2.67. The van der Waals surface area contributed by atoms with Gasteiger partial charge in [-0.25, -0.2) is 0 Å². The summed E-state index contributed by atoms with van der Waals surface area (Å²) in [5.41, 5.74) is -1.83. The van der Waals surface area contributed by atoms with Gasteiger partial charge in [0.15, 0.2) is 5.60 Å². The topological polar surface area (TPSA) is 43.8 Å². The van der Waals surface area contributed by atoms with Crippen molar-refractivity contribution < 1.29 is 23.1 Å². The van der Waals surface area contributed by atoms with Crippen LogP contribution in [0.3, 0.4) is 0 Å². The summed E-state index contributed by atoms with van der Waals surface area (Å²) in [6, 6.07) is 14.9. The lowest BCUT2D eigenvalue weighted by atomic mass is 9.94. The van der Waals surface area contributed by atoms with Gasteiger partial charge in [0.1, 0.15) is 0 Å². The first-order chi connectivity index (χ1) is 12.7. The Morgan fingerprint density at radius 3 is 2.00 bits per heavy atom. The predicted molar refractivity (Wildman–Crippen MR) is 96.6 cm³/mol. The van der Waals surface area contributed by atoms with Crippen molar-refractivity contribution in [3.8, 4) is 0 Å². The van der Waals surface area contributed by atoms with E-state index in [4.69, 9.17) is 0 Å². The second kappa shape index (κ2) is 7.23. The molecule has 3 rings (SSSR count). The number of hydrogen-bond acceptors (Lipinski definition) is 3. The van der Waals surface area contributed by atoms with Crippen molar-refractivity contribution in [2.75, 3.05) is 31.1 Å². The number of hydrogen-bond donors (Lipinski definition) is 1. The number of amides is 1. The zero-order valence-corrected chi connectivity index (χ0v) is 14.9. The van der Waals surface area contributed by atoms with E-state index in [-0.39, 0.29) is 11.5 Å². The van der Waals surface area contributed by atoms with Crippen LogP contribution in [-0.4, -0.2) is 48.3 Å². The third kappa shape index (κ3) is 3.93. The summed E-state index contributed by atoms with van der Waals surface area (Å²) in [7, 11) is 0. The van der Waals surface area contributed by atoms with Crippen molar-refractivity contribution in [2.24, 2.45) is 0 Å². The Morgan fingerprint density at radius 2 is 1.48 bits per heavy atom. The standard InChI is InChI=1S/C20H21F3N2O2/c1-19(27,20(21,22)23)16-9-7-15(8-10-16)18(26)25-13-11-24(12-14-25)17-5-3-2-4-6-17/h2-10,27H,11-14H2,1H3. The summed E-state index contributed by atoms with van der Waals surface area (Å²) in [5, 5.41) is 9.71. The van der Waals surface area contributed by atoms with Crippen LogP contribution in [0.15, 0.2) is 54.6 Å². The maximum Gasteiger partial charge on any atom is 0.421 e. The van der Waals surface area contributed by atoms with E-state index in [1.54, 1.807) is 4.90 Å². The minimum absolute atomic E-state index is 0.221. The lowest BCUT2D eigenvalue weighted by Crippen LogP contribution is -2.48. The van der Waals surface area contributed by atoms with E-state index in [0.29, 0.717) is 38.7 Å². The first-order valence-electron chi connectivity index (χ1n) is 8.69. The van der Waals surface area contributed by atoms with Crippen LogP contribution in [0.25, 0.3) is 0 Å². The van der Waals surface area contributed by atoms with Gasteiger partial charge in [0.2, 0.25) is 0 Å². The Hall–Kier alpha value is -2.54. The molecule has 2 aromatic rings. The molecule has 1 fully saturated rings. The molecule has 144 valence electrons. The highest BCUT2D eigenvalue weighted by molar-refractivity contribution is 5.94. The number of rotatable bonds is 3. The van der Waals surface area contributed by atoms with Crippen LogP contribution in [0.2, 0.25) is 0 Å². The molecule has 0 bridgehead atoms. The summed E-state index contributed by atoms with van der Waals surface area (Å²) >= 11 is 0. The summed E-state index contributed by atoms with van der Waals surface area (Å²) in [4.78, 5) is 16.5. The van der Waals surface area contributed by atoms with E-state index >= 15 is 0 Å². The van der Waals surface area contributed by atoms with Crippen molar-refractivity contribution in [3.05, 3.63) is 65.7 Å². The van der Waals surface area contributed by atoms with Gasteiger partial charge < -0.3 is 14.9 Å². The van der Waals surface area contributed by atoms with Crippen LogP contribution in [0.1, 0.15) is 22.8 Å². The Kier molecular flexibility index (Phi) is 5.15. The molecule has 2 aromatic carbocycles. The second-order valence-corrected chi connectivity index (χ2v) is 6.76. The highest BCUT2D eigenvalue weighted by Gasteiger charge is 2.51. The van der Waals surface area contributed by atoms with Crippen molar-refractivity contribution >= 4 is 11.6 Å². The maximum absolute atomic E-state index is 12.9. The maximum atomic E-state index is 12.9. The molecule has 0 saturated carbocycles. The molecular weight excluding hydrogens is 357 g/mol. The Labute approximate surface area is 155 Å². The van der Waals surface area contributed by atoms with Crippen molar-refractivity contribution in [1.29, 1.82) is 0 Å². The van der Waals surface area contributed by atoms with Gasteiger partial charge in [-0.2, -0.15) is 13.2 Å². The molecule has 0 aliphatic carbocycles. The lowest BCUT2D eigenvalue weighted by Gasteiger charge is -2.36.